The average Bonchev–Trinajstić information content (AvgIpc) is 2.94. The van der Waals surface area contributed by atoms with Crippen molar-refractivity contribution in [2.45, 2.75) is 39.8 Å². The van der Waals surface area contributed by atoms with Crippen LogP contribution in [0.25, 0.3) is 11.0 Å². The summed E-state index contributed by atoms with van der Waals surface area (Å²) in [5.41, 5.74) is 2.77. The molecular formula is C19H29N5O3. The summed E-state index contributed by atoms with van der Waals surface area (Å²) in [6, 6.07) is 0.664. The molecule has 8 heteroatoms. The van der Waals surface area contributed by atoms with Gasteiger partial charge in [-0.3, -0.25) is 9.58 Å². The number of carbonyl (C=O) groups is 1. The van der Waals surface area contributed by atoms with Gasteiger partial charge in [0.15, 0.2) is 5.65 Å². The molecule has 1 N–H and O–H groups in total. The Balaban J connectivity index is 1.91. The van der Waals surface area contributed by atoms with Crippen LogP contribution >= 0.6 is 0 Å². The highest BCUT2D eigenvalue weighted by molar-refractivity contribution is 6.05. The van der Waals surface area contributed by atoms with Gasteiger partial charge in [-0.15, -0.1) is 0 Å². The fourth-order valence-corrected chi connectivity index (χ4v) is 3.72. The summed E-state index contributed by atoms with van der Waals surface area (Å²) in [5, 5.41) is 8.82. The van der Waals surface area contributed by atoms with E-state index in [-0.39, 0.29) is 5.97 Å². The second-order valence-corrected chi connectivity index (χ2v) is 7.07. The predicted molar refractivity (Wildman–Crippen MR) is 104 cm³/mol. The van der Waals surface area contributed by atoms with Crippen LogP contribution in [0, 0.1) is 6.92 Å². The normalized spacial score (nSPS) is 19.2. The number of nitrogens with one attached hydrogen (secondary N) is 1. The molecule has 1 aliphatic rings. The molecule has 1 fully saturated rings. The van der Waals surface area contributed by atoms with Gasteiger partial charge in [-0.05, 0) is 27.7 Å². The van der Waals surface area contributed by atoms with Crippen molar-refractivity contribution in [1.82, 2.24) is 19.7 Å². The summed E-state index contributed by atoms with van der Waals surface area (Å²) in [5.74, 6) is -0.370. The Morgan fingerprint density at radius 1 is 1.52 bits per heavy atom. The van der Waals surface area contributed by atoms with Gasteiger partial charge in [0.2, 0.25) is 0 Å². The van der Waals surface area contributed by atoms with Crippen molar-refractivity contribution in [3.05, 3.63) is 17.5 Å². The average molecular weight is 375 g/mol. The van der Waals surface area contributed by atoms with E-state index in [1.807, 2.05) is 14.0 Å². The van der Waals surface area contributed by atoms with Crippen LogP contribution in [0.15, 0.2) is 6.20 Å². The molecule has 0 spiro atoms. The van der Waals surface area contributed by atoms with Crippen molar-refractivity contribution < 1.29 is 14.3 Å². The van der Waals surface area contributed by atoms with E-state index in [1.165, 1.54) is 0 Å². The zero-order chi connectivity index (χ0) is 19.6. The number of anilines is 1. The molecule has 3 rings (SSSR count). The monoisotopic (exact) mass is 375 g/mol. The minimum absolute atomic E-state index is 0.291. The third-order valence-electron chi connectivity index (χ3n) is 5.08. The molecule has 0 bridgehead atoms. The standard InChI is InChI=1S/C19H29N5O3/c1-6-27-19(25)15-10-21-18-16(14(4)22-23(18)5)17(15)20-9-12(2)24-7-8-26-11-13(24)3/h10,12-13H,6-9,11H2,1-5H3,(H,20,21). The molecule has 0 aliphatic carbocycles. The molecule has 1 aliphatic heterocycles. The number of ether oxygens (including phenoxy) is 2. The Hall–Kier alpha value is -2.19. The molecule has 2 aromatic rings. The van der Waals surface area contributed by atoms with Gasteiger partial charge in [-0.1, -0.05) is 0 Å². The molecule has 0 radical (unpaired) electrons. The van der Waals surface area contributed by atoms with Gasteiger partial charge in [0.05, 0.1) is 36.6 Å². The quantitative estimate of drug-likeness (QED) is 0.773. The van der Waals surface area contributed by atoms with Crippen LogP contribution in [0.2, 0.25) is 0 Å². The van der Waals surface area contributed by atoms with Crippen LogP contribution in [0.4, 0.5) is 5.69 Å². The number of aryl methyl sites for hydroxylation is 2. The van der Waals surface area contributed by atoms with E-state index in [2.05, 4.69) is 34.1 Å². The van der Waals surface area contributed by atoms with Crippen molar-refractivity contribution in [3.8, 4) is 0 Å². The first-order chi connectivity index (χ1) is 12.9. The Bertz CT molecular complexity index is 819. The maximum Gasteiger partial charge on any atom is 0.341 e. The number of fused-ring (bicyclic) bond motifs is 1. The van der Waals surface area contributed by atoms with Crippen molar-refractivity contribution in [3.63, 3.8) is 0 Å². The lowest BCUT2D eigenvalue weighted by atomic mass is 10.1. The third kappa shape index (κ3) is 3.91. The molecule has 1 saturated heterocycles. The topological polar surface area (TPSA) is 81.5 Å². The van der Waals surface area contributed by atoms with Crippen LogP contribution in [0.3, 0.4) is 0 Å². The van der Waals surface area contributed by atoms with Crippen LogP contribution in [-0.2, 0) is 16.5 Å². The summed E-state index contributed by atoms with van der Waals surface area (Å²) in [6.07, 6.45) is 1.58. The van der Waals surface area contributed by atoms with Gasteiger partial charge in [0.1, 0.15) is 5.56 Å². The van der Waals surface area contributed by atoms with E-state index in [4.69, 9.17) is 9.47 Å². The number of morpholine rings is 1. The van der Waals surface area contributed by atoms with Crippen LogP contribution in [0.5, 0.6) is 0 Å². The van der Waals surface area contributed by atoms with Crippen LogP contribution < -0.4 is 5.32 Å². The first kappa shape index (κ1) is 19.6. The zero-order valence-corrected chi connectivity index (χ0v) is 16.8. The Labute approximate surface area is 159 Å². The lowest BCUT2D eigenvalue weighted by Gasteiger charge is -2.38. The van der Waals surface area contributed by atoms with E-state index < -0.39 is 0 Å². The number of hydrogen-bond donors (Lipinski definition) is 1. The Morgan fingerprint density at radius 3 is 3.00 bits per heavy atom. The minimum atomic E-state index is -0.370. The Morgan fingerprint density at radius 2 is 2.30 bits per heavy atom. The largest absolute Gasteiger partial charge is 0.462 e. The lowest BCUT2D eigenvalue weighted by Crippen LogP contribution is -2.50. The van der Waals surface area contributed by atoms with E-state index in [0.29, 0.717) is 30.8 Å². The summed E-state index contributed by atoms with van der Waals surface area (Å²) in [7, 11) is 1.86. The van der Waals surface area contributed by atoms with Crippen LogP contribution in [-0.4, -0.2) is 70.6 Å². The lowest BCUT2D eigenvalue weighted by molar-refractivity contribution is -0.0159. The highest BCUT2D eigenvalue weighted by Gasteiger charge is 2.25. The first-order valence-electron chi connectivity index (χ1n) is 9.50. The molecule has 148 valence electrons. The molecule has 27 heavy (non-hydrogen) atoms. The molecule has 2 unspecified atom stereocenters. The number of hydrogen-bond acceptors (Lipinski definition) is 7. The summed E-state index contributed by atoms with van der Waals surface area (Å²) >= 11 is 0. The number of rotatable bonds is 6. The second kappa shape index (κ2) is 8.22. The maximum absolute atomic E-state index is 12.5. The van der Waals surface area contributed by atoms with Gasteiger partial charge >= 0.3 is 5.97 Å². The number of esters is 1. The SMILES string of the molecule is CCOC(=O)c1cnc2c(c(C)nn2C)c1NCC(C)N1CCOCC1C. The number of pyridine rings is 1. The van der Waals surface area contributed by atoms with E-state index in [9.17, 15) is 4.79 Å². The van der Waals surface area contributed by atoms with Gasteiger partial charge < -0.3 is 14.8 Å². The summed E-state index contributed by atoms with van der Waals surface area (Å²) < 4.78 is 12.5. The molecule has 0 saturated carbocycles. The van der Waals surface area contributed by atoms with Gasteiger partial charge in [-0.2, -0.15) is 5.10 Å². The van der Waals surface area contributed by atoms with Crippen LogP contribution in [0.1, 0.15) is 36.8 Å². The molecular weight excluding hydrogens is 346 g/mol. The number of carbonyl (C=O) groups excluding carboxylic acids is 1. The summed E-state index contributed by atoms with van der Waals surface area (Å²) in [6.45, 7) is 11.5. The molecule has 3 heterocycles. The minimum Gasteiger partial charge on any atom is -0.462 e. The van der Waals surface area contributed by atoms with Crippen molar-refractivity contribution in [2.75, 3.05) is 38.2 Å². The smallest absolute Gasteiger partial charge is 0.341 e. The van der Waals surface area contributed by atoms with Crippen molar-refractivity contribution in [2.24, 2.45) is 7.05 Å². The molecule has 2 aromatic heterocycles. The third-order valence-corrected chi connectivity index (χ3v) is 5.08. The second-order valence-electron chi connectivity index (χ2n) is 7.07. The molecule has 0 aromatic carbocycles. The molecule has 8 nitrogen and oxygen atoms in total. The number of aromatic nitrogens is 3. The molecule has 0 amide bonds. The van der Waals surface area contributed by atoms with E-state index in [0.717, 1.165) is 42.2 Å². The highest BCUT2D eigenvalue weighted by Crippen LogP contribution is 2.29. The van der Waals surface area contributed by atoms with Gasteiger partial charge in [-0.25, -0.2) is 9.78 Å². The number of nitrogens with zero attached hydrogens (tertiary/aromatic N) is 4. The fraction of sp³-hybridized carbons (Fsp3) is 0.632. The zero-order valence-electron chi connectivity index (χ0n) is 16.8. The van der Waals surface area contributed by atoms with Crippen molar-refractivity contribution in [1.29, 1.82) is 0 Å². The van der Waals surface area contributed by atoms with Gasteiger partial charge in [0.25, 0.3) is 0 Å². The van der Waals surface area contributed by atoms with Crippen molar-refractivity contribution >= 4 is 22.7 Å². The highest BCUT2D eigenvalue weighted by atomic mass is 16.5. The van der Waals surface area contributed by atoms with Gasteiger partial charge in [0, 0.05) is 38.4 Å². The Kier molecular flexibility index (Phi) is 5.96. The van der Waals surface area contributed by atoms with E-state index in [1.54, 1.807) is 17.8 Å². The predicted octanol–water partition coefficient (Wildman–Crippen LogP) is 1.97. The summed E-state index contributed by atoms with van der Waals surface area (Å²) in [4.78, 5) is 19.3. The van der Waals surface area contributed by atoms with E-state index >= 15 is 0 Å². The maximum atomic E-state index is 12.5. The molecule has 2 atom stereocenters. The fourth-order valence-electron chi connectivity index (χ4n) is 3.72. The first-order valence-corrected chi connectivity index (χ1v) is 9.50.